The fourth-order valence-electron chi connectivity index (χ4n) is 2.03. The number of carboxylic acid groups (broad SMARTS) is 1. The molecule has 0 spiro atoms. The highest BCUT2D eigenvalue weighted by Gasteiger charge is 2.15. The summed E-state index contributed by atoms with van der Waals surface area (Å²) in [5.41, 5.74) is 7.66. The Morgan fingerprint density at radius 1 is 1.22 bits per heavy atom. The lowest BCUT2D eigenvalue weighted by Gasteiger charge is -2.13. The Bertz CT molecular complexity index is 657. The van der Waals surface area contributed by atoms with Gasteiger partial charge in [0, 0.05) is 18.8 Å². The van der Waals surface area contributed by atoms with Crippen LogP contribution in [0.3, 0.4) is 0 Å². The smallest absolute Gasteiger partial charge is 0.320 e. The Balaban J connectivity index is 2.01. The number of carbonyl (C=O) groups is 1. The third kappa shape index (κ3) is 5.57. The van der Waals surface area contributed by atoms with Gasteiger partial charge in [0.05, 0.1) is 13.7 Å². The van der Waals surface area contributed by atoms with Crippen molar-refractivity contribution >= 4 is 51.2 Å². The van der Waals surface area contributed by atoms with E-state index in [9.17, 15) is 4.79 Å². The van der Waals surface area contributed by atoms with Gasteiger partial charge in [-0.05, 0) is 87.0 Å². The van der Waals surface area contributed by atoms with Gasteiger partial charge in [-0.1, -0.05) is 0 Å². The molecule has 1 atom stereocenters. The van der Waals surface area contributed by atoms with E-state index in [-0.39, 0.29) is 0 Å². The maximum atomic E-state index is 10.9. The average Bonchev–Trinajstić information content (AvgIpc) is 2.51. The highest BCUT2D eigenvalue weighted by molar-refractivity contribution is 14.1. The van der Waals surface area contributed by atoms with E-state index in [2.05, 4.69) is 50.2 Å². The molecule has 0 radical (unpaired) electrons. The minimum absolute atomic E-state index is 0.304. The molecule has 0 saturated carbocycles. The summed E-state index contributed by atoms with van der Waals surface area (Å²) in [6.45, 7) is 0.573. The van der Waals surface area contributed by atoms with Crippen LogP contribution in [-0.4, -0.2) is 28.7 Å². The zero-order valence-electron chi connectivity index (χ0n) is 12.2. The highest BCUT2D eigenvalue weighted by Crippen LogP contribution is 2.29. The number of benzene rings is 1. The normalized spacial score (nSPS) is 12.0. The molecule has 23 heavy (non-hydrogen) atoms. The summed E-state index contributed by atoms with van der Waals surface area (Å²) >= 11 is 4.40. The number of nitrogens with zero attached hydrogens (tertiary/aromatic N) is 1. The predicted molar refractivity (Wildman–Crippen MR) is 105 cm³/mol. The minimum atomic E-state index is -0.993. The molecule has 0 saturated heterocycles. The summed E-state index contributed by atoms with van der Waals surface area (Å²) in [6.07, 6.45) is 4.64. The molecule has 5 nitrogen and oxygen atoms in total. The number of nitrogens with two attached hydrogens (primary N) is 1. The van der Waals surface area contributed by atoms with Crippen LogP contribution < -0.4 is 10.5 Å². The lowest BCUT2D eigenvalue weighted by Crippen LogP contribution is -2.32. The van der Waals surface area contributed by atoms with Crippen molar-refractivity contribution in [1.29, 1.82) is 0 Å². The Morgan fingerprint density at radius 2 is 1.83 bits per heavy atom. The van der Waals surface area contributed by atoms with Crippen molar-refractivity contribution in [2.24, 2.45) is 5.73 Å². The molecule has 7 heteroatoms. The zero-order chi connectivity index (χ0) is 16.8. The molecular weight excluding hydrogens is 522 g/mol. The number of ether oxygens (including phenoxy) is 1. The number of hydrogen-bond donors (Lipinski definition) is 2. The van der Waals surface area contributed by atoms with E-state index in [1.54, 1.807) is 12.4 Å². The number of rotatable bonds is 7. The first-order chi connectivity index (χ1) is 11.0. The Kier molecular flexibility index (Phi) is 7.03. The zero-order valence-corrected chi connectivity index (χ0v) is 16.5. The average molecular weight is 538 g/mol. The minimum Gasteiger partial charge on any atom is -0.491 e. The fraction of sp³-hybridized carbons (Fsp3) is 0.250. The van der Waals surface area contributed by atoms with Crippen molar-refractivity contribution < 1.29 is 14.6 Å². The van der Waals surface area contributed by atoms with Gasteiger partial charge in [-0.15, -0.1) is 0 Å². The van der Waals surface area contributed by atoms with E-state index >= 15 is 0 Å². The molecular formula is C16H16I2N2O3. The van der Waals surface area contributed by atoms with Gasteiger partial charge in [0.1, 0.15) is 11.8 Å². The highest BCUT2D eigenvalue weighted by atomic mass is 127. The monoisotopic (exact) mass is 538 g/mol. The van der Waals surface area contributed by atoms with Crippen LogP contribution in [0.2, 0.25) is 0 Å². The van der Waals surface area contributed by atoms with Gasteiger partial charge in [0.15, 0.2) is 0 Å². The molecule has 1 aromatic heterocycles. The summed E-state index contributed by atoms with van der Waals surface area (Å²) in [5, 5.41) is 8.90. The quantitative estimate of drug-likeness (QED) is 0.531. The Morgan fingerprint density at radius 3 is 2.39 bits per heavy atom. The second-order valence-electron chi connectivity index (χ2n) is 4.99. The van der Waals surface area contributed by atoms with Crippen LogP contribution in [0, 0.1) is 7.14 Å². The molecule has 0 aliphatic heterocycles. The standard InChI is InChI=1S/C16H16I2N2O3/c17-12-7-11(9-14(19)16(21)22)8-13(18)15(12)23-6-3-10-1-4-20-5-2-10/h1-2,4-5,7-8,14H,3,6,9,19H2,(H,21,22)/t14-/m1/s1. The second kappa shape index (κ2) is 8.78. The number of halogens is 2. The van der Waals surface area contributed by atoms with E-state index in [1.807, 2.05) is 24.3 Å². The lowest BCUT2D eigenvalue weighted by molar-refractivity contribution is -0.138. The molecule has 1 heterocycles. The van der Waals surface area contributed by atoms with Crippen LogP contribution in [0.4, 0.5) is 0 Å². The first-order valence-electron chi connectivity index (χ1n) is 6.95. The van der Waals surface area contributed by atoms with Crippen molar-refractivity contribution in [2.75, 3.05) is 6.61 Å². The maximum absolute atomic E-state index is 10.9. The van der Waals surface area contributed by atoms with Gasteiger partial charge in [-0.25, -0.2) is 0 Å². The number of hydrogen-bond acceptors (Lipinski definition) is 4. The first kappa shape index (κ1) is 18.4. The molecule has 0 bridgehead atoms. The van der Waals surface area contributed by atoms with Crippen LogP contribution in [-0.2, 0) is 17.6 Å². The number of carboxylic acids is 1. The Hall–Kier alpha value is -0.940. The molecule has 0 amide bonds. The summed E-state index contributed by atoms with van der Waals surface area (Å²) in [4.78, 5) is 14.8. The predicted octanol–water partition coefficient (Wildman–Crippen LogP) is 2.87. The summed E-state index contributed by atoms with van der Waals surface area (Å²) in [7, 11) is 0. The lowest BCUT2D eigenvalue weighted by atomic mass is 10.1. The van der Waals surface area contributed by atoms with Gasteiger partial charge in [0.2, 0.25) is 0 Å². The number of aromatic nitrogens is 1. The molecule has 0 unspecified atom stereocenters. The SMILES string of the molecule is N[C@H](Cc1cc(I)c(OCCc2ccncc2)c(I)c1)C(=O)O. The summed E-state index contributed by atoms with van der Waals surface area (Å²) in [5.74, 6) is -0.166. The van der Waals surface area contributed by atoms with Crippen molar-refractivity contribution in [3.05, 3.63) is 54.9 Å². The van der Waals surface area contributed by atoms with Gasteiger partial charge in [0.25, 0.3) is 0 Å². The molecule has 122 valence electrons. The van der Waals surface area contributed by atoms with Gasteiger partial charge >= 0.3 is 5.97 Å². The van der Waals surface area contributed by atoms with Gasteiger partial charge in [-0.3, -0.25) is 9.78 Å². The van der Waals surface area contributed by atoms with E-state index in [4.69, 9.17) is 15.6 Å². The van der Waals surface area contributed by atoms with Crippen molar-refractivity contribution in [3.63, 3.8) is 0 Å². The summed E-state index contributed by atoms with van der Waals surface area (Å²) < 4.78 is 7.81. The van der Waals surface area contributed by atoms with E-state index in [1.165, 1.54) is 5.56 Å². The molecule has 2 aromatic rings. The van der Waals surface area contributed by atoms with Crippen LogP contribution in [0.5, 0.6) is 5.75 Å². The van der Waals surface area contributed by atoms with Crippen molar-refractivity contribution in [3.8, 4) is 5.75 Å². The molecule has 2 rings (SSSR count). The number of aliphatic carboxylic acids is 1. The van der Waals surface area contributed by atoms with E-state index in [0.29, 0.717) is 13.0 Å². The van der Waals surface area contributed by atoms with Crippen LogP contribution in [0.15, 0.2) is 36.7 Å². The number of pyridine rings is 1. The van der Waals surface area contributed by atoms with Crippen LogP contribution >= 0.6 is 45.2 Å². The third-order valence-electron chi connectivity index (χ3n) is 3.22. The van der Waals surface area contributed by atoms with E-state index < -0.39 is 12.0 Å². The molecule has 0 aliphatic carbocycles. The molecule has 3 N–H and O–H groups in total. The van der Waals surface area contributed by atoms with Crippen LogP contribution in [0.25, 0.3) is 0 Å². The van der Waals surface area contributed by atoms with Gasteiger partial charge in [-0.2, -0.15) is 0 Å². The molecule has 0 fully saturated rings. The van der Waals surface area contributed by atoms with E-state index in [0.717, 1.165) is 24.9 Å². The largest absolute Gasteiger partial charge is 0.491 e. The first-order valence-corrected chi connectivity index (χ1v) is 9.11. The van der Waals surface area contributed by atoms with Crippen molar-refractivity contribution in [2.45, 2.75) is 18.9 Å². The second-order valence-corrected chi connectivity index (χ2v) is 7.32. The maximum Gasteiger partial charge on any atom is 0.320 e. The molecule has 1 aromatic carbocycles. The van der Waals surface area contributed by atoms with Crippen LogP contribution in [0.1, 0.15) is 11.1 Å². The fourth-order valence-corrected chi connectivity index (χ4v) is 4.24. The topological polar surface area (TPSA) is 85.4 Å². The third-order valence-corrected chi connectivity index (χ3v) is 4.82. The Labute approximate surface area is 161 Å². The summed E-state index contributed by atoms with van der Waals surface area (Å²) in [6, 6.07) is 6.89. The molecule has 0 aliphatic rings. The van der Waals surface area contributed by atoms with Crippen molar-refractivity contribution in [1.82, 2.24) is 4.98 Å². The van der Waals surface area contributed by atoms with Gasteiger partial charge < -0.3 is 15.6 Å².